The maximum atomic E-state index is 14.6. The summed E-state index contributed by atoms with van der Waals surface area (Å²) >= 11 is 0. The van der Waals surface area contributed by atoms with E-state index >= 15 is 0 Å². The zero-order valence-electron chi connectivity index (χ0n) is 22.1. The lowest BCUT2D eigenvalue weighted by Gasteiger charge is -2.32. The molecule has 9 heteroatoms. The van der Waals surface area contributed by atoms with Crippen molar-refractivity contribution in [1.29, 1.82) is 0 Å². The van der Waals surface area contributed by atoms with Crippen LogP contribution in [0.4, 0.5) is 10.1 Å². The number of aryl methyl sites for hydroxylation is 1. The maximum Gasteiger partial charge on any atom is 0.264 e. The first-order valence-electron chi connectivity index (χ1n) is 12.5. The van der Waals surface area contributed by atoms with Crippen LogP contribution in [0.2, 0.25) is 0 Å². The number of hydrogen-bond acceptors (Lipinski definition) is 4. The fraction of sp³-hybridized carbons (Fsp3) is 0.310. The lowest BCUT2D eigenvalue weighted by atomic mass is 10.1. The number of halogens is 1. The number of sulfonamides is 1. The second kappa shape index (κ2) is 12.7. The van der Waals surface area contributed by atoms with Crippen molar-refractivity contribution in [3.63, 3.8) is 0 Å². The van der Waals surface area contributed by atoms with Crippen LogP contribution in [0, 0.1) is 18.7 Å². The van der Waals surface area contributed by atoms with E-state index in [0.29, 0.717) is 12.2 Å². The molecule has 0 unspecified atom stereocenters. The van der Waals surface area contributed by atoms with E-state index in [1.807, 2.05) is 26.8 Å². The highest BCUT2D eigenvalue weighted by atomic mass is 32.2. The fourth-order valence-electron chi connectivity index (χ4n) is 3.88. The molecular weight excluding hydrogens is 505 g/mol. The highest BCUT2D eigenvalue weighted by Crippen LogP contribution is 2.25. The van der Waals surface area contributed by atoms with E-state index in [9.17, 15) is 22.4 Å². The topological polar surface area (TPSA) is 86.8 Å². The summed E-state index contributed by atoms with van der Waals surface area (Å²) in [7, 11) is -4.14. The van der Waals surface area contributed by atoms with Gasteiger partial charge in [0.15, 0.2) is 0 Å². The first kappa shape index (κ1) is 28.8. The minimum atomic E-state index is -4.14. The molecule has 7 nitrogen and oxygen atoms in total. The third-order valence-electron chi connectivity index (χ3n) is 6.05. The lowest BCUT2D eigenvalue weighted by molar-refractivity contribution is -0.139. The molecule has 3 aromatic rings. The van der Waals surface area contributed by atoms with Crippen molar-refractivity contribution in [3.8, 4) is 0 Å². The molecule has 2 amide bonds. The van der Waals surface area contributed by atoms with Crippen LogP contribution >= 0.6 is 0 Å². The molecule has 3 aromatic carbocycles. The summed E-state index contributed by atoms with van der Waals surface area (Å²) < 4.78 is 43.0. The SMILES string of the molecule is Cc1cccc(N(CC(=O)N(Cc2ccccc2F)[C@@H](C)C(=O)NCC(C)C)S(=O)(=O)c2ccccc2)c1. The minimum absolute atomic E-state index is 0.0256. The average molecular weight is 540 g/mol. The van der Waals surface area contributed by atoms with Gasteiger partial charge in [-0.05, 0) is 55.7 Å². The van der Waals surface area contributed by atoms with Crippen molar-refractivity contribution in [3.05, 3.63) is 95.8 Å². The van der Waals surface area contributed by atoms with Crippen molar-refractivity contribution in [2.75, 3.05) is 17.4 Å². The lowest BCUT2D eigenvalue weighted by Crippen LogP contribution is -2.51. The zero-order valence-corrected chi connectivity index (χ0v) is 22.9. The van der Waals surface area contributed by atoms with Crippen LogP contribution in [0.1, 0.15) is 31.9 Å². The van der Waals surface area contributed by atoms with Crippen molar-refractivity contribution >= 4 is 27.5 Å². The molecule has 0 heterocycles. The molecular formula is C29H34FN3O4S. The number of anilines is 1. The van der Waals surface area contributed by atoms with E-state index in [1.54, 1.807) is 49.4 Å². The molecule has 38 heavy (non-hydrogen) atoms. The van der Waals surface area contributed by atoms with Gasteiger partial charge >= 0.3 is 0 Å². The van der Waals surface area contributed by atoms with Crippen molar-refractivity contribution in [2.24, 2.45) is 5.92 Å². The Bertz CT molecular complexity index is 1360. The van der Waals surface area contributed by atoms with E-state index in [-0.39, 0.29) is 22.9 Å². The van der Waals surface area contributed by atoms with Gasteiger partial charge in [0.05, 0.1) is 10.6 Å². The highest BCUT2D eigenvalue weighted by molar-refractivity contribution is 7.92. The molecule has 0 saturated carbocycles. The third kappa shape index (κ3) is 7.19. The van der Waals surface area contributed by atoms with E-state index in [1.165, 1.54) is 35.2 Å². The van der Waals surface area contributed by atoms with Crippen molar-refractivity contribution < 1.29 is 22.4 Å². The second-order valence-electron chi connectivity index (χ2n) is 9.59. The van der Waals surface area contributed by atoms with Crippen LogP contribution in [0.15, 0.2) is 83.8 Å². The molecule has 0 aliphatic carbocycles. The van der Waals surface area contributed by atoms with E-state index < -0.39 is 40.2 Å². The Kier molecular flexibility index (Phi) is 9.63. The van der Waals surface area contributed by atoms with Gasteiger partial charge in [0, 0.05) is 18.7 Å². The number of carbonyl (C=O) groups excluding carboxylic acids is 2. The summed E-state index contributed by atoms with van der Waals surface area (Å²) in [4.78, 5) is 28.0. The maximum absolute atomic E-state index is 14.6. The first-order chi connectivity index (χ1) is 18.0. The average Bonchev–Trinajstić information content (AvgIpc) is 2.89. The number of nitrogens with zero attached hydrogens (tertiary/aromatic N) is 2. The molecule has 0 aliphatic rings. The van der Waals surface area contributed by atoms with Gasteiger partial charge in [0.25, 0.3) is 10.0 Å². The molecule has 202 valence electrons. The molecule has 0 bridgehead atoms. The Morgan fingerprint density at radius 2 is 1.58 bits per heavy atom. The zero-order chi connectivity index (χ0) is 27.9. The number of nitrogens with one attached hydrogen (secondary N) is 1. The summed E-state index contributed by atoms with van der Waals surface area (Å²) in [6, 6.07) is 19.7. The van der Waals surface area contributed by atoms with E-state index in [4.69, 9.17) is 0 Å². The molecule has 0 radical (unpaired) electrons. The van der Waals surface area contributed by atoms with E-state index in [0.717, 1.165) is 9.87 Å². The summed E-state index contributed by atoms with van der Waals surface area (Å²) in [6.45, 7) is 6.90. The smallest absolute Gasteiger partial charge is 0.264 e. The predicted octanol–water partition coefficient (Wildman–Crippen LogP) is 4.52. The van der Waals surface area contributed by atoms with Crippen LogP contribution in [-0.4, -0.2) is 44.3 Å². The number of benzene rings is 3. The van der Waals surface area contributed by atoms with Crippen molar-refractivity contribution in [2.45, 2.75) is 45.2 Å². The van der Waals surface area contributed by atoms with Crippen LogP contribution < -0.4 is 9.62 Å². The summed E-state index contributed by atoms with van der Waals surface area (Å²) in [5, 5.41) is 2.81. The molecule has 0 spiro atoms. The van der Waals surface area contributed by atoms with Crippen molar-refractivity contribution in [1.82, 2.24) is 10.2 Å². The van der Waals surface area contributed by atoms with Crippen LogP contribution in [0.5, 0.6) is 0 Å². The Morgan fingerprint density at radius 1 is 0.921 bits per heavy atom. The number of carbonyl (C=O) groups is 2. The standard InChI is InChI=1S/C29H34FN3O4S/c1-21(2)18-31-29(35)23(4)32(19-24-12-8-9-16-27(24)30)28(34)20-33(25-13-10-11-22(3)17-25)38(36,37)26-14-6-5-7-15-26/h5-17,21,23H,18-20H2,1-4H3,(H,31,35)/t23-/m0/s1. The van der Waals surface area contributed by atoms with Gasteiger partial charge in [-0.2, -0.15) is 0 Å². The Morgan fingerprint density at radius 3 is 2.21 bits per heavy atom. The monoisotopic (exact) mass is 539 g/mol. The van der Waals surface area contributed by atoms with Crippen LogP contribution in [-0.2, 0) is 26.2 Å². The molecule has 1 N–H and O–H groups in total. The molecule has 3 rings (SSSR count). The van der Waals surface area contributed by atoms with E-state index in [2.05, 4.69) is 5.32 Å². The molecule has 0 aromatic heterocycles. The largest absolute Gasteiger partial charge is 0.354 e. The summed E-state index contributed by atoms with van der Waals surface area (Å²) in [5.74, 6) is -1.37. The minimum Gasteiger partial charge on any atom is -0.354 e. The second-order valence-corrected chi connectivity index (χ2v) is 11.5. The van der Waals surface area contributed by atoms with Crippen LogP contribution in [0.25, 0.3) is 0 Å². The number of amides is 2. The van der Waals surface area contributed by atoms with Gasteiger partial charge < -0.3 is 10.2 Å². The van der Waals surface area contributed by atoms with Gasteiger partial charge in [-0.3, -0.25) is 13.9 Å². The summed E-state index contributed by atoms with van der Waals surface area (Å²) in [5.41, 5.74) is 1.34. The van der Waals surface area contributed by atoms with Gasteiger partial charge in [0.2, 0.25) is 11.8 Å². The Balaban J connectivity index is 2.01. The molecule has 0 saturated heterocycles. The number of rotatable bonds is 11. The summed E-state index contributed by atoms with van der Waals surface area (Å²) in [6.07, 6.45) is 0. The highest BCUT2D eigenvalue weighted by Gasteiger charge is 2.32. The fourth-order valence-corrected chi connectivity index (χ4v) is 5.30. The molecule has 0 fully saturated rings. The van der Waals surface area contributed by atoms with Gasteiger partial charge in [-0.25, -0.2) is 12.8 Å². The Labute approximate surface area is 224 Å². The predicted molar refractivity (Wildman–Crippen MR) is 146 cm³/mol. The van der Waals surface area contributed by atoms with Gasteiger partial charge in [-0.1, -0.05) is 62.4 Å². The Hall–Kier alpha value is -3.72. The molecule has 0 aliphatic heterocycles. The quantitative estimate of drug-likeness (QED) is 0.388. The molecule has 1 atom stereocenters. The first-order valence-corrected chi connectivity index (χ1v) is 13.9. The normalized spacial score (nSPS) is 12.2. The third-order valence-corrected chi connectivity index (χ3v) is 7.84. The van der Waals surface area contributed by atoms with Crippen LogP contribution in [0.3, 0.4) is 0 Å². The number of hydrogen-bond donors (Lipinski definition) is 1. The van der Waals surface area contributed by atoms with Gasteiger partial charge in [-0.15, -0.1) is 0 Å². The van der Waals surface area contributed by atoms with Gasteiger partial charge in [0.1, 0.15) is 18.4 Å².